The number of nitrogens with zero attached hydrogens (tertiary/aromatic N) is 3. The van der Waals surface area contributed by atoms with Gasteiger partial charge in [-0.1, -0.05) is 18.5 Å². The Hall–Kier alpha value is -1.89. The zero-order valence-electron chi connectivity index (χ0n) is 10.1. The molecule has 0 amide bonds. The van der Waals surface area contributed by atoms with Crippen molar-refractivity contribution in [3.63, 3.8) is 0 Å². The number of carbonyl (C=O) groups is 1. The van der Waals surface area contributed by atoms with Crippen LogP contribution in [0.5, 0.6) is 0 Å². The van der Waals surface area contributed by atoms with E-state index in [0.717, 1.165) is 0 Å². The standard InChI is InChI=1S/C11H12ClN3O4/c1-6(11(16)17)7-4-14(5-7)10-9(15(18)19)2-8(12)3-13-10/h2-3,6-7H,4-5H2,1H3,(H,16,17). The van der Waals surface area contributed by atoms with Crippen LogP contribution in [0, 0.1) is 22.0 Å². The molecule has 102 valence electrons. The third-order valence-corrected chi connectivity index (χ3v) is 3.52. The number of nitro groups is 1. The quantitative estimate of drug-likeness (QED) is 0.669. The lowest BCUT2D eigenvalue weighted by Crippen LogP contribution is -2.51. The van der Waals surface area contributed by atoms with Gasteiger partial charge < -0.3 is 10.0 Å². The first-order valence-corrected chi connectivity index (χ1v) is 6.05. The topological polar surface area (TPSA) is 96.6 Å². The molecular formula is C11H12ClN3O4. The third-order valence-electron chi connectivity index (χ3n) is 3.32. The Kier molecular flexibility index (Phi) is 3.57. The molecule has 19 heavy (non-hydrogen) atoms. The van der Waals surface area contributed by atoms with Crippen LogP contribution in [0.25, 0.3) is 0 Å². The molecule has 1 saturated heterocycles. The first-order chi connectivity index (χ1) is 8.90. The zero-order chi connectivity index (χ0) is 14.2. The van der Waals surface area contributed by atoms with Crippen molar-refractivity contribution in [1.29, 1.82) is 0 Å². The molecule has 0 spiro atoms. The van der Waals surface area contributed by atoms with Gasteiger partial charge in [0.2, 0.25) is 5.82 Å². The molecule has 1 unspecified atom stereocenters. The molecule has 1 N–H and O–H groups in total. The highest BCUT2D eigenvalue weighted by Crippen LogP contribution is 2.34. The summed E-state index contributed by atoms with van der Waals surface area (Å²) in [7, 11) is 0. The molecule has 0 radical (unpaired) electrons. The fraction of sp³-hybridized carbons (Fsp3) is 0.455. The van der Waals surface area contributed by atoms with E-state index >= 15 is 0 Å². The fourth-order valence-corrected chi connectivity index (χ4v) is 2.15. The van der Waals surface area contributed by atoms with Gasteiger partial charge in [-0.15, -0.1) is 0 Å². The first kappa shape index (κ1) is 13.5. The average Bonchev–Trinajstić information content (AvgIpc) is 2.28. The number of halogens is 1. The molecule has 1 fully saturated rings. The molecular weight excluding hydrogens is 274 g/mol. The largest absolute Gasteiger partial charge is 0.481 e. The second kappa shape index (κ2) is 5.00. The molecule has 2 heterocycles. The van der Waals surface area contributed by atoms with Crippen molar-refractivity contribution in [2.45, 2.75) is 6.92 Å². The molecule has 1 atom stereocenters. The Balaban J connectivity index is 2.14. The number of hydrogen-bond acceptors (Lipinski definition) is 5. The molecule has 1 aromatic heterocycles. The first-order valence-electron chi connectivity index (χ1n) is 5.68. The van der Waals surface area contributed by atoms with Crippen LogP contribution in [0.2, 0.25) is 5.02 Å². The van der Waals surface area contributed by atoms with E-state index < -0.39 is 16.8 Å². The minimum atomic E-state index is -0.858. The van der Waals surface area contributed by atoms with Crippen LogP contribution in [0.4, 0.5) is 11.5 Å². The maximum absolute atomic E-state index is 10.9. The Labute approximate surface area is 114 Å². The van der Waals surface area contributed by atoms with E-state index in [1.807, 2.05) is 0 Å². The van der Waals surface area contributed by atoms with Crippen LogP contribution in [-0.4, -0.2) is 34.1 Å². The van der Waals surface area contributed by atoms with Gasteiger partial charge in [-0.2, -0.15) is 0 Å². The third kappa shape index (κ3) is 2.60. The normalized spacial score (nSPS) is 16.8. The fourth-order valence-electron chi connectivity index (χ4n) is 2.00. The van der Waals surface area contributed by atoms with Crippen molar-refractivity contribution in [2.24, 2.45) is 11.8 Å². The van der Waals surface area contributed by atoms with E-state index in [4.69, 9.17) is 16.7 Å². The number of rotatable bonds is 4. The Bertz CT molecular complexity index is 531. The molecule has 0 bridgehead atoms. The van der Waals surface area contributed by atoms with Crippen LogP contribution in [0.15, 0.2) is 12.3 Å². The summed E-state index contributed by atoms with van der Waals surface area (Å²) in [6.07, 6.45) is 1.35. The molecule has 1 aliphatic heterocycles. The van der Waals surface area contributed by atoms with Gasteiger partial charge >= 0.3 is 11.7 Å². The van der Waals surface area contributed by atoms with Crippen molar-refractivity contribution in [3.05, 3.63) is 27.4 Å². The highest BCUT2D eigenvalue weighted by Gasteiger charge is 2.38. The second-order valence-corrected chi connectivity index (χ2v) is 4.98. The van der Waals surface area contributed by atoms with Gasteiger partial charge in [0.15, 0.2) is 0 Å². The number of pyridine rings is 1. The molecule has 2 rings (SSSR count). The van der Waals surface area contributed by atoms with Crippen molar-refractivity contribution >= 4 is 29.1 Å². The summed E-state index contributed by atoms with van der Waals surface area (Å²) >= 11 is 5.68. The van der Waals surface area contributed by atoms with Gasteiger partial charge in [0.1, 0.15) is 0 Å². The van der Waals surface area contributed by atoms with Gasteiger partial charge in [0.05, 0.1) is 15.9 Å². The van der Waals surface area contributed by atoms with Gasteiger partial charge in [0, 0.05) is 31.3 Å². The average molecular weight is 286 g/mol. The summed E-state index contributed by atoms with van der Waals surface area (Å²) in [5.41, 5.74) is -0.158. The van der Waals surface area contributed by atoms with Gasteiger partial charge in [-0.05, 0) is 0 Å². The van der Waals surface area contributed by atoms with E-state index in [1.165, 1.54) is 12.3 Å². The Morgan fingerprint density at radius 1 is 1.68 bits per heavy atom. The maximum atomic E-state index is 10.9. The molecule has 1 aromatic rings. The number of hydrogen-bond donors (Lipinski definition) is 1. The predicted molar refractivity (Wildman–Crippen MR) is 68.4 cm³/mol. The number of aromatic nitrogens is 1. The van der Waals surface area contributed by atoms with E-state index in [-0.39, 0.29) is 22.4 Å². The van der Waals surface area contributed by atoms with Gasteiger partial charge in [-0.25, -0.2) is 4.98 Å². The van der Waals surface area contributed by atoms with E-state index in [2.05, 4.69) is 4.98 Å². The highest BCUT2D eigenvalue weighted by molar-refractivity contribution is 6.30. The number of aliphatic carboxylic acids is 1. The monoisotopic (exact) mass is 285 g/mol. The second-order valence-electron chi connectivity index (χ2n) is 4.55. The molecule has 0 aromatic carbocycles. The summed E-state index contributed by atoms with van der Waals surface area (Å²) in [5, 5.41) is 20.0. The summed E-state index contributed by atoms with van der Waals surface area (Å²) in [6.45, 7) is 2.53. The van der Waals surface area contributed by atoms with E-state index in [1.54, 1.807) is 11.8 Å². The van der Waals surface area contributed by atoms with Crippen molar-refractivity contribution in [3.8, 4) is 0 Å². The van der Waals surface area contributed by atoms with E-state index in [9.17, 15) is 14.9 Å². The van der Waals surface area contributed by atoms with Crippen LogP contribution in [0.3, 0.4) is 0 Å². The van der Waals surface area contributed by atoms with Gasteiger partial charge in [-0.3, -0.25) is 14.9 Å². The van der Waals surface area contributed by atoms with Crippen molar-refractivity contribution in [1.82, 2.24) is 4.98 Å². The number of anilines is 1. The number of carboxylic acid groups (broad SMARTS) is 1. The molecule has 0 saturated carbocycles. The van der Waals surface area contributed by atoms with Crippen molar-refractivity contribution in [2.75, 3.05) is 18.0 Å². The minimum Gasteiger partial charge on any atom is -0.481 e. The molecule has 8 heteroatoms. The molecule has 1 aliphatic rings. The van der Waals surface area contributed by atoms with Crippen LogP contribution >= 0.6 is 11.6 Å². The summed E-state index contributed by atoms with van der Waals surface area (Å²) < 4.78 is 0. The Morgan fingerprint density at radius 2 is 2.32 bits per heavy atom. The SMILES string of the molecule is CC(C(=O)O)C1CN(c2ncc(Cl)cc2[N+](=O)[O-])C1. The predicted octanol–water partition coefficient (Wildman–Crippen LogP) is 1.80. The minimum absolute atomic E-state index is 0.0189. The lowest BCUT2D eigenvalue weighted by Gasteiger charge is -2.41. The van der Waals surface area contributed by atoms with Crippen LogP contribution in [-0.2, 0) is 4.79 Å². The molecule has 0 aliphatic carbocycles. The van der Waals surface area contributed by atoms with Crippen LogP contribution < -0.4 is 4.90 Å². The summed E-state index contributed by atoms with van der Waals surface area (Å²) in [5.74, 6) is -1.11. The molecule has 7 nitrogen and oxygen atoms in total. The van der Waals surface area contributed by atoms with E-state index in [0.29, 0.717) is 13.1 Å². The summed E-state index contributed by atoms with van der Waals surface area (Å²) in [6, 6.07) is 1.25. The Morgan fingerprint density at radius 3 is 2.84 bits per heavy atom. The van der Waals surface area contributed by atoms with Crippen LogP contribution in [0.1, 0.15) is 6.92 Å². The lowest BCUT2D eigenvalue weighted by atomic mass is 9.87. The van der Waals surface area contributed by atoms with Gasteiger partial charge in [0.25, 0.3) is 0 Å². The zero-order valence-corrected chi connectivity index (χ0v) is 10.9. The lowest BCUT2D eigenvalue weighted by molar-refractivity contribution is -0.384. The highest BCUT2D eigenvalue weighted by atomic mass is 35.5. The maximum Gasteiger partial charge on any atom is 0.313 e. The summed E-state index contributed by atoms with van der Waals surface area (Å²) in [4.78, 5) is 26.9. The van der Waals surface area contributed by atoms with Crippen molar-refractivity contribution < 1.29 is 14.8 Å². The smallest absolute Gasteiger partial charge is 0.313 e. The number of carboxylic acids is 1.